The fourth-order valence-electron chi connectivity index (χ4n) is 3.22. The second kappa shape index (κ2) is 2.84. The molecule has 1 saturated carbocycles. The Hall–Kier alpha value is -0.300. The van der Waals surface area contributed by atoms with E-state index >= 15 is 0 Å². The van der Waals surface area contributed by atoms with Gasteiger partial charge in [-0.05, 0) is 37.5 Å². The Morgan fingerprint density at radius 3 is 2.85 bits per heavy atom. The smallest absolute Gasteiger partial charge is 0.0610 e. The lowest BCUT2D eigenvalue weighted by atomic mass is 9.72. The first kappa shape index (κ1) is 9.26. The second-order valence-electron chi connectivity index (χ2n) is 5.50. The molecule has 1 N–H and O–H groups in total. The molecule has 2 aliphatic carbocycles. The van der Waals surface area contributed by atoms with Crippen LogP contribution in [0.5, 0.6) is 0 Å². The maximum absolute atomic E-state index is 9.93. The van der Waals surface area contributed by atoms with Crippen LogP contribution in [0.3, 0.4) is 0 Å². The summed E-state index contributed by atoms with van der Waals surface area (Å²) in [6.45, 7) is 6.79. The summed E-state index contributed by atoms with van der Waals surface area (Å²) in [4.78, 5) is 0. The van der Waals surface area contributed by atoms with Crippen molar-refractivity contribution in [2.45, 2.75) is 46.1 Å². The third-order valence-corrected chi connectivity index (χ3v) is 3.97. The molecule has 74 valence electrons. The third kappa shape index (κ3) is 1.43. The van der Waals surface area contributed by atoms with Gasteiger partial charge in [0.2, 0.25) is 0 Å². The number of aliphatic hydroxyl groups excluding tert-OH is 1. The van der Waals surface area contributed by atoms with Crippen molar-refractivity contribution in [3.8, 4) is 0 Å². The minimum atomic E-state index is -0.0877. The van der Waals surface area contributed by atoms with E-state index in [1.807, 2.05) is 0 Å². The van der Waals surface area contributed by atoms with E-state index in [-0.39, 0.29) is 6.10 Å². The molecular weight excluding hydrogens is 160 g/mol. The third-order valence-electron chi connectivity index (χ3n) is 3.97. The Bertz CT molecular complexity index is 240. The summed E-state index contributed by atoms with van der Waals surface area (Å²) in [5, 5.41) is 9.93. The zero-order valence-electron chi connectivity index (χ0n) is 8.88. The van der Waals surface area contributed by atoms with Crippen LogP contribution in [0.4, 0.5) is 0 Å². The van der Waals surface area contributed by atoms with Crippen LogP contribution in [0.1, 0.15) is 40.0 Å². The largest absolute Gasteiger partial charge is 0.392 e. The summed E-state index contributed by atoms with van der Waals surface area (Å²) < 4.78 is 0. The number of fused-ring (bicyclic) bond motifs is 1. The van der Waals surface area contributed by atoms with Crippen molar-refractivity contribution in [3.63, 3.8) is 0 Å². The molecule has 0 aliphatic heterocycles. The van der Waals surface area contributed by atoms with Gasteiger partial charge in [-0.25, -0.2) is 0 Å². The molecule has 2 rings (SSSR count). The summed E-state index contributed by atoms with van der Waals surface area (Å²) >= 11 is 0. The maximum Gasteiger partial charge on any atom is 0.0610 e. The summed E-state index contributed by atoms with van der Waals surface area (Å²) in [7, 11) is 0. The van der Waals surface area contributed by atoms with Gasteiger partial charge in [-0.15, -0.1) is 0 Å². The first-order valence-electron chi connectivity index (χ1n) is 5.36. The zero-order valence-corrected chi connectivity index (χ0v) is 8.88. The molecule has 2 aliphatic rings. The monoisotopic (exact) mass is 180 g/mol. The van der Waals surface area contributed by atoms with E-state index in [0.717, 1.165) is 6.42 Å². The lowest BCUT2D eigenvalue weighted by Gasteiger charge is -2.32. The summed E-state index contributed by atoms with van der Waals surface area (Å²) in [6.07, 6.45) is 5.71. The van der Waals surface area contributed by atoms with Crippen LogP contribution >= 0.6 is 0 Å². The van der Waals surface area contributed by atoms with Crippen LogP contribution in [-0.2, 0) is 0 Å². The Morgan fingerprint density at radius 2 is 2.15 bits per heavy atom. The Kier molecular flexibility index (Phi) is 2.03. The fraction of sp³-hybridized carbons (Fsp3) is 0.833. The van der Waals surface area contributed by atoms with Gasteiger partial charge in [0.05, 0.1) is 6.10 Å². The van der Waals surface area contributed by atoms with Gasteiger partial charge in [-0.3, -0.25) is 0 Å². The van der Waals surface area contributed by atoms with Gasteiger partial charge in [0.25, 0.3) is 0 Å². The molecule has 0 bridgehead atoms. The molecule has 1 heteroatoms. The van der Waals surface area contributed by atoms with Crippen LogP contribution < -0.4 is 0 Å². The predicted octanol–water partition coefficient (Wildman–Crippen LogP) is 2.75. The van der Waals surface area contributed by atoms with E-state index in [2.05, 4.69) is 26.8 Å². The van der Waals surface area contributed by atoms with Crippen LogP contribution in [0.25, 0.3) is 0 Å². The van der Waals surface area contributed by atoms with Crippen molar-refractivity contribution >= 4 is 0 Å². The van der Waals surface area contributed by atoms with E-state index in [4.69, 9.17) is 0 Å². The lowest BCUT2D eigenvalue weighted by Crippen LogP contribution is -2.25. The van der Waals surface area contributed by atoms with Gasteiger partial charge in [0, 0.05) is 5.92 Å². The molecule has 0 heterocycles. The van der Waals surface area contributed by atoms with Crippen molar-refractivity contribution < 1.29 is 5.11 Å². The molecule has 3 atom stereocenters. The normalized spacial score (nSPS) is 42.8. The fourth-order valence-corrected chi connectivity index (χ4v) is 3.22. The van der Waals surface area contributed by atoms with Crippen LogP contribution in [0, 0.1) is 17.3 Å². The number of rotatable bonds is 0. The Morgan fingerprint density at radius 1 is 1.46 bits per heavy atom. The van der Waals surface area contributed by atoms with Gasteiger partial charge in [0.15, 0.2) is 0 Å². The molecule has 1 fully saturated rings. The first-order valence-corrected chi connectivity index (χ1v) is 5.36. The topological polar surface area (TPSA) is 20.2 Å². The van der Waals surface area contributed by atoms with Crippen LogP contribution in [-0.4, -0.2) is 11.2 Å². The first-order chi connectivity index (χ1) is 6.00. The molecule has 13 heavy (non-hydrogen) atoms. The Labute approximate surface area is 80.8 Å². The lowest BCUT2D eigenvalue weighted by molar-refractivity contribution is 0.137. The van der Waals surface area contributed by atoms with Gasteiger partial charge < -0.3 is 5.11 Å². The highest BCUT2D eigenvalue weighted by atomic mass is 16.3. The van der Waals surface area contributed by atoms with Crippen molar-refractivity contribution in [2.24, 2.45) is 17.3 Å². The van der Waals surface area contributed by atoms with Crippen molar-refractivity contribution in [1.82, 2.24) is 0 Å². The van der Waals surface area contributed by atoms with Gasteiger partial charge in [-0.2, -0.15) is 0 Å². The average molecular weight is 180 g/mol. The summed E-state index contributed by atoms with van der Waals surface area (Å²) in [6, 6.07) is 0. The van der Waals surface area contributed by atoms with Crippen LogP contribution in [0.2, 0.25) is 0 Å². The number of aliphatic hydroxyl groups is 1. The van der Waals surface area contributed by atoms with E-state index < -0.39 is 0 Å². The maximum atomic E-state index is 9.93. The van der Waals surface area contributed by atoms with E-state index in [1.54, 1.807) is 0 Å². The van der Waals surface area contributed by atoms with Crippen molar-refractivity contribution in [3.05, 3.63) is 11.6 Å². The van der Waals surface area contributed by atoms with E-state index in [9.17, 15) is 5.11 Å². The Balaban J connectivity index is 2.27. The van der Waals surface area contributed by atoms with Gasteiger partial charge >= 0.3 is 0 Å². The average Bonchev–Trinajstić information content (AvgIpc) is 2.22. The van der Waals surface area contributed by atoms with Gasteiger partial charge in [-0.1, -0.05) is 25.5 Å². The molecule has 0 aromatic rings. The quantitative estimate of drug-likeness (QED) is 0.568. The molecule has 0 unspecified atom stereocenters. The number of allylic oxidation sites excluding steroid dienone is 1. The molecule has 0 spiro atoms. The minimum Gasteiger partial charge on any atom is -0.392 e. The van der Waals surface area contributed by atoms with Gasteiger partial charge in [0.1, 0.15) is 0 Å². The van der Waals surface area contributed by atoms with Crippen LogP contribution in [0.15, 0.2) is 11.6 Å². The SMILES string of the molecule is CC1=C[C@@H]2[C@@H](O)CC(C)(C)[C@H]2CC1. The van der Waals surface area contributed by atoms with E-state index in [0.29, 0.717) is 17.3 Å². The molecule has 0 saturated heterocycles. The second-order valence-corrected chi connectivity index (χ2v) is 5.50. The number of hydrogen-bond acceptors (Lipinski definition) is 1. The molecular formula is C12H20O. The molecule has 0 aromatic heterocycles. The minimum absolute atomic E-state index is 0.0877. The van der Waals surface area contributed by atoms with E-state index in [1.165, 1.54) is 18.4 Å². The highest BCUT2D eigenvalue weighted by Crippen LogP contribution is 2.51. The molecule has 1 nitrogen and oxygen atoms in total. The molecule has 0 amide bonds. The van der Waals surface area contributed by atoms with Crippen molar-refractivity contribution in [2.75, 3.05) is 0 Å². The molecule has 0 radical (unpaired) electrons. The summed E-state index contributed by atoms with van der Waals surface area (Å²) in [5.74, 6) is 1.16. The zero-order chi connectivity index (χ0) is 9.64. The highest BCUT2D eigenvalue weighted by Gasteiger charge is 2.47. The molecule has 0 aromatic carbocycles. The predicted molar refractivity (Wildman–Crippen MR) is 54.4 cm³/mol. The highest BCUT2D eigenvalue weighted by molar-refractivity contribution is 5.14. The summed E-state index contributed by atoms with van der Waals surface area (Å²) in [5.41, 5.74) is 1.82. The standard InChI is InChI=1S/C12H20O/c1-8-4-5-10-9(6-8)11(13)7-12(10,2)3/h6,9-11,13H,4-5,7H2,1-3H3/t9-,10-,11-/m0/s1. The van der Waals surface area contributed by atoms with Crippen molar-refractivity contribution in [1.29, 1.82) is 0 Å². The number of hydrogen-bond donors (Lipinski definition) is 1.